The third-order valence-electron chi connectivity index (χ3n) is 2.60. The first-order valence-corrected chi connectivity index (χ1v) is 6.00. The molecule has 3 aromatic rings. The molecule has 2 aromatic heterocycles. The highest BCUT2D eigenvalue weighted by atomic mass is 16.5. The van der Waals surface area contributed by atoms with Gasteiger partial charge < -0.3 is 14.4 Å². The van der Waals surface area contributed by atoms with Gasteiger partial charge in [-0.3, -0.25) is 0 Å². The van der Waals surface area contributed by atoms with E-state index in [0.29, 0.717) is 23.7 Å². The Labute approximate surface area is 114 Å². The van der Waals surface area contributed by atoms with Crippen LogP contribution in [0.4, 0.5) is 0 Å². The highest BCUT2D eigenvalue weighted by Gasteiger charge is 2.05. The molecule has 0 unspecified atom stereocenters. The Bertz CT molecular complexity index is 679. The zero-order valence-electron chi connectivity index (χ0n) is 10.5. The summed E-state index contributed by atoms with van der Waals surface area (Å²) in [6.45, 7) is 0.749. The van der Waals surface area contributed by atoms with Gasteiger partial charge in [0.2, 0.25) is 0 Å². The van der Waals surface area contributed by atoms with Crippen molar-refractivity contribution in [1.82, 2.24) is 20.2 Å². The summed E-state index contributed by atoms with van der Waals surface area (Å²) >= 11 is 0. The quantitative estimate of drug-likeness (QED) is 0.759. The lowest BCUT2D eigenvalue weighted by Crippen LogP contribution is -1.99. The molecule has 0 atom stereocenters. The van der Waals surface area contributed by atoms with Crippen molar-refractivity contribution in [1.29, 1.82) is 0 Å². The second kappa shape index (κ2) is 5.43. The zero-order valence-corrected chi connectivity index (χ0v) is 10.5. The van der Waals surface area contributed by atoms with Crippen molar-refractivity contribution in [3.8, 4) is 11.5 Å². The van der Waals surface area contributed by atoms with Crippen molar-refractivity contribution < 1.29 is 14.4 Å². The van der Waals surface area contributed by atoms with Crippen LogP contribution in [0.3, 0.4) is 0 Å². The van der Waals surface area contributed by atoms with Crippen molar-refractivity contribution in [3.63, 3.8) is 0 Å². The minimum absolute atomic E-state index is 0.163. The first-order chi connectivity index (χ1) is 9.79. The number of hydrogen-bond donors (Lipinski definition) is 1. The maximum Gasteiger partial charge on any atom is 0.158 e. The Hall–Kier alpha value is -2.83. The summed E-state index contributed by atoms with van der Waals surface area (Å²) in [6, 6.07) is 8.37. The third kappa shape index (κ3) is 2.94. The minimum Gasteiger partial charge on any atom is -0.508 e. The van der Waals surface area contributed by atoms with Crippen LogP contribution in [-0.2, 0) is 13.2 Å². The number of phenolic OH excluding ortho intramolecular Hbond substituents is 1. The van der Waals surface area contributed by atoms with Gasteiger partial charge in [-0.1, -0.05) is 16.4 Å². The van der Waals surface area contributed by atoms with Crippen LogP contribution in [0.25, 0.3) is 0 Å². The average molecular weight is 272 g/mol. The summed E-state index contributed by atoms with van der Waals surface area (Å²) in [5, 5.41) is 20.9. The summed E-state index contributed by atoms with van der Waals surface area (Å²) < 4.78 is 12.1. The maximum atomic E-state index is 9.33. The molecule has 20 heavy (non-hydrogen) atoms. The van der Waals surface area contributed by atoms with E-state index in [9.17, 15) is 5.11 Å². The lowest BCUT2D eigenvalue weighted by atomic mass is 10.3. The molecule has 102 valence electrons. The Kier molecular flexibility index (Phi) is 3.32. The molecule has 3 rings (SSSR count). The van der Waals surface area contributed by atoms with Gasteiger partial charge in [0.05, 0.1) is 12.4 Å². The number of ether oxygens (including phenoxy) is 1. The molecule has 0 spiro atoms. The predicted octanol–water partition coefficient (Wildman–Crippen LogP) is 1.60. The van der Waals surface area contributed by atoms with Crippen molar-refractivity contribution >= 4 is 0 Å². The molecule has 0 aliphatic heterocycles. The van der Waals surface area contributed by atoms with Gasteiger partial charge in [0, 0.05) is 12.1 Å². The van der Waals surface area contributed by atoms with E-state index in [1.54, 1.807) is 47.4 Å². The molecule has 0 bridgehead atoms. The minimum atomic E-state index is 0.163. The second-order valence-corrected chi connectivity index (χ2v) is 4.17. The van der Waals surface area contributed by atoms with Gasteiger partial charge in [-0.2, -0.15) is 0 Å². The fourth-order valence-corrected chi connectivity index (χ4v) is 1.70. The summed E-state index contributed by atoms with van der Waals surface area (Å²) in [4.78, 5) is 0. The number of aromatic nitrogens is 4. The topological polar surface area (TPSA) is 86.2 Å². The molecule has 0 fully saturated rings. The van der Waals surface area contributed by atoms with Crippen LogP contribution in [0.2, 0.25) is 0 Å². The summed E-state index contributed by atoms with van der Waals surface area (Å²) in [6.07, 6.45) is 3.35. The number of rotatable bonds is 5. The van der Waals surface area contributed by atoms with Gasteiger partial charge in [-0.25, -0.2) is 4.68 Å². The van der Waals surface area contributed by atoms with Crippen LogP contribution < -0.4 is 4.74 Å². The molecule has 7 nitrogen and oxygen atoms in total. The number of nitrogens with zero attached hydrogens (tertiary/aromatic N) is 4. The van der Waals surface area contributed by atoms with E-state index >= 15 is 0 Å². The van der Waals surface area contributed by atoms with Gasteiger partial charge in [0.1, 0.15) is 30.3 Å². The molecule has 0 saturated heterocycles. The molecule has 1 N–H and O–H groups in total. The zero-order chi connectivity index (χ0) is 13.8. The van der Waals surface area contributed by atoms with Crippen LogP contribution in [-0.4, -0.2) is 25.3 Å². The molecule has 2 heterocycles. The molecule has 0 aliphatic carbocycles. The van der Waals surface area contributed by atoms with Gasteiger partial charge in [0.25, 0.3) is 0 Å². The first kappa shape index (κ1) is 12.2. The molecule has 7 heteroatoms. The van der Waals surface area contributed by atoms with Gasteiger partial charge in [0.15, 0.2) is 5.76 Å². The Morgan fingerprint density at radius 2 is 2.25 bits per heavy atom. The van der Waals surface area contributed by atoms with E-state index in [2.05, 4.69) is 15.5 Å². The lowest BCUT2D eigenvalue weighted by Gasteiger charge is -2.03. The van der Waals surface area contributed by atoms with Crippen LogP contribution >= 0.6 is 0 Å². The summed E-state index contributed by atoms with van der Waals surface area (Å²) in [5.74, 6) is 1.45. The van der Waals surface area contributed by atoms with E-state index < -0.39 is 0 Å². The maximum absolute atomic E-state index is 9.33. The first-order valence-electron chi connectivity index (χ1n) is 6.00. The summed E-state index contributed by atoms with van der Waals surface area (Å²) in [5.41, 5.74) is 0.688. The number of benzene rings is 1. The molecule has 0 saturated carbocycles. The number of phenols is 1. The molecule has 0 aliphatic rings. The normalized spacial score (nSPS) is 10.6. The summed E-state index contributed by atoms with van der Waals surface area (Å²) in [7, 11) is 0. The average Bonchev–Trinajstić information content (AvgIpc) is 3.09. The van der Waals surface area contributed by atoms with Gasteiger partial charge in [-0.15, -0.1) is 5.10 Å². The highest BCUT2D eigenvalue weighted by molar-refractivity contribution is 5.31. The SMILES string of the molecule is Oc1cccc(OCc2cn(Cc3ccno3)nn2)c1. The predicted molar refractivity (Wildman–Crippen MR) is 68.1 cm³/mol. The Morgan fingerprint density at radius 1 is 1.30 bits per heavy atom. The van der Waals surface area contributed by atoms with E-state index in [-0.39, 0.29) is 12.4 Å². The monoisotopic (exact) mass is 272 g/mol. The molecular weight excluding hydrogens is 260 g/mol. The van der Waals surface area contributed by atoms with Crippen molar-refractivity contribution in [2.75, 3.05) is 0 Å². The van der Waals surface area contributed by atoms with Crippen molar-refractivity contribution in [2.24, 2.45) is 0 Å². The smallest absolute Gasteiger partial charge is 0.158 e. The molecule has 1 aromatic carbocycles. The van der Waals surface area contributed by atoms with Crippen LogP contribution in [0, 0.1) is 0 Å². The number of hydrogen-bond acceptors (Lipinski definition) is 6. The Balaban J connectivity index is 1.60. The Morgan fingerprint density at radius 3 is 3.05 bits per heavy atom. The third-order valence-corrected chi connectivity index (χ3v) is 2.60. The highest BCUT2D eigenvalue weighted by Crippen LogP contribution is 2.18. The number of aromatic hydroxyl groups is 1. The van der Waals surface area contributed by atoms with Crippen LogP contribution in [0.15, 0.2) is 47.2 Å². The van der Waals surface area contributed by atoms with E-state index in [1.165, 1.54) is 0 Å². The van der Waals surface area contributed by atoms with Crippen molar-refractivity contribution in [2.45, 2.75) is 13.2 Å². The van der Waals surface area contributed by atoms with Gasteiger partial charge >= 0.3 is 0 Å². The van der Waals surface area contributed by atoms with Crippen molar-refractivity contribution in [3.05, 3.63) is 54.2 Å². The molecular formula is C13H12N4O3. The molecule has 0 radical (unpaired) electrons. The fraction of sp³-hybridized carbons (Fsp3) is 0.154. The van der Waals surface area contributed by atoms with Crippen LogP contribution in [0.5, 0.6) is 11.5 Å². The second-order valence-electron chi connectivity index (χ2n) is 4.17. The lowest BCUT2D eigenvalue weighted by molar-refractivity contribution is 0.299. The standard InChI is InChI=1S/C13H12N4O3/c18-11-2-1-3-12(6-11)19-9-10-7-17(16-15-10)8-13-4-5-14-20-13/h1-7,18H,8-9H2. The largest absolute Gasteiger partial charge is 0.508 e. The van der Waals surface area contributed by atoms with Crippen LogP contribution in [0.1, 0.15) is 11.5 Å². The fourth-order valence-electron chi connectivity index (χ4n) is 1.70. The molecule has 0 amide bonds. The van der Waals surface area contributed by atoms with E-state index in [1.807, 2.05) is 0 Å². The van der Waals surface area contributed by atoms with E-state index in [0.717, 1.165) is 0 Å². The van der Waals surface area contributed by atoms with Gasteiger partial charge in [-0.05, 0) is 12.1 Å². The van der Waals surface area contributed by atoms with E-state index in [4.69, 9.17) is 9.26 Å².